The quantitative estimate of drug-likeness (QED) is 0.392. The molecule has 1 N–H and O–H groups in total. The molecule has 3 aromatic rings. The van der Waals surface area contributed by atoms with Gasteiger partial charge in [-0.05, 0) is 53.4 Å². The highest BCUT2D eigenvalue weighted by Gasteiger charge is 2.30. The Hall–Kier alpha value is -3.04. The zero-order chi connectivity index (χ0) is 22.4. The van der Waals surface area contributed by atoms with Gasteiger partial charge in [0.05, 0.1) is 26.0 Å². The molecule has 1 aromatic heterocycles. The van der Waals surface area contributed by atoms with Crippen LogP contribution in [0.3, 0.4) is 0 Å². The molecular weight excluding hydrogens is 429 g/mol. The van der Waals surface area contributed by atoms with Crippen molar-refractivity contribution < 1.29 is 27.4 Å². The van der Waals surface area contributed by atoms with Crippen LogP contribution in [0, 0.1) is 0 Å². The van der Waals surface area contributed by atoms with Crippen LogP contribution in [-0.4, -0.2) is 25.2 Å². The van der Waals surface area contributed by atoms with E-state index in [2.05, 4.69) is 9.71 Å². The maximum Gasteiger partial charge on any atom is 0.416 e. The number of esters is 1. The molecule has 1 heterocycles. The number of benzene rings is 2. The van der Waals surface area contributed by atoms with Gasteiger partial charge < -0.3 is 9.47 Å². The summed E-state index contributed by atoms with van der Waals surface area (Å²) >= 11 is 0.921. The van der Waals surface area contributed by atoms with E-state index in [0.29, 0.717) is 16.2 Å². The summed E-state index contributed by atoms with van der Waals surface area (Å²) in [4.78, 5) is 16.8. The van der Waals surface area contributed by atoms with Gasteiger partial charge in [0.1, 0.15) is 11.8 Å². The van der Waals surface area contributed by atoms with Gasteiger partial charge >= 0.3 is 12.1 Å². The van der Waals surface area contributed by atoms with Gasteiger partial charge in [0.25, 0.3) is 0 Å². The van der Waals surface area contributed by atoms with Gasteiger partial charge in [0.15, 0.2) is 0 Å². The van der Waals surface area contributed by atoms with Crippen molar-refractivity contribution in [2.75, 3.05) is 14.2 Å². The van der Waals surface area contributed by atoms with Gasteiger partial charge in [-0.15, -0.1) is 0 Å². The first-order valence-corrected chi connectivity index (χ1v) is 9.91. The molecule has 9 heteroatoms. The Balaban J connectivity index is 1.88. The maximum atomic E-state index is 13.0. The minimum atomic E-state index is -4.45. The van der Waals surface area contributed by atoms with E-state index in [-0.39, 0.29) is 0 Å². The van der Waals surface area contributed by atoms with Gasteiger partial charge in [-0.3, -0.25) is 4.98 Å². The summed E-state index contributed by atoms with van der Waals surface area (Å²) in [5, 5.41) is 0. The summed E-state index contributed by atoms with van der Waals surface area (Å²) in [6.45, 7) is 0. The van der Waals surface area contributed by atoms with E-state index >= 15 is 0 Å². The van der Waals surface area contributed by atoms with E-state index in [1.165, 1.54) is 26.4 Å². The fourth-order valence-electron chi connectivity index (χ4n) is 2.90. The third-order valence-corrected chi connectivity index (χ3v) is 5.27. The summed E-state index contributed by atoms with van der Waals surface area (Å²) in [6, 6.07) is 12.9. The Labute approximate surface area is 181 Å². The van der Waals surface area contributed by atoms with Crippen LogP contribution >= 0.6 is 11.9 Å². The van der Waals surface area contributed by atoms with Crippen LogP contribution in [0.15, 0.2) is 71.9 Å². The van der Waals surface area contributed by atoms with Gasteiger partial charge in [-0.25, -0.2) is 9.52 Å². The predicted octanol–water partition coefficient (Wildman–Crippen LogP) is 5.29. The van der Waals surface area contributed by atoms with Crippen molar-refractivity contribution in [3.05, 3.63) is 78.1 Å². The second-order valence-electron chi connectivity index (χ2n) is 6.40. The molecule has 0 spiro atoms. The topological polar surface area (TPSA) is 60.5 Å². The minimum absolute atomic E-state index is 0.315. The molecule has 0 aliphatic carbocycles. The summed E-state index contributed by atoms with van der Waals surface area (Å²) < 4.78 is 52.1. The third kappa shape index (κ3) is 5.56. The first-order valence-electron chi connectivity index (χ1n) is 9.09. The number of methoxy groups -OCH3 is 2. The van der Waals surface area contributed by atoms with Crippen LogP contribution in [0.1, 0.15) is 17.2 Å². The molecule has 0 fully saturated rings. The fraction of sp³-hybridized carbons (Fsp3) is 0.182. The molecule has 0 aliphatic heterocycles. The first-order chi connectivity index (χ1) is 14.8. The SMILES string of the molecule is COC(=O)C(NSc1cccc(C(F)(F)F)c1)c1cccc(-c2ccncc2OC)c1. The lowest BCUT2D eigenvalue weighted by molar-refractivity contribution is -0.142. The van der Waals surface area contributed by atoms with Gasteiger partial charge in [0, 0.05) is 16.7 Å². The molecule has 0 aliphatic rings. The Kier molecular flexibility index (Phi) is 7.19. The second kappa shape index (κ2) is 9.84. The minimum Gasteiger partial charge on any atom is -0.494 e. The third-order valence-electron chi connectivity index (χ3n) is 4.43. The largest absolute Gasteiger partial charge is 0.494 e. The summed E-state index contributed by atoms with van der Waals surface area (Å²) in [5.41, 5.74) is 1.40. The van der Waals surface area contributed by atoms with Crippen molar-refractivity contribution in [2.45, 2.75) is 17.1 Å². The molecule has 2 aromatic carbocycles. The highest BCUT2D eigenvalue weighted by atomic mass is 32.2. The lowest BCUT2D eigenvalue weighted by Crippen LogP contribution is -2.25. The van der Waals surface area contributed by atoms with E-state index in [9.17, 15) is 18.0 Å². The first kappa shape index (κ1) is 22.6. The summed E-state index contributed by atoms with van der Waals surface area (Å²) in [7, 11) is 2.79. The molecule has 31 heavy (non-hydrogen) atoms. The molecule has 0 radical (unpaired) electrons. The molecule has 0 amide bonds. The maximum absolute atomic E-state index is 13.0. The number of halogens is 3. The van der Waals surface area contributed by atoms with Gasteiger partial charge in [-0.2, -0.15) is 13.2 Å². The van der Waals surface area contributed by atoms with E-state index in [1.54, 1.807) is 36.7 Å². The molecule has 3 rings (SSSR count). The number of alkyl halides is 3. The Bertz CT molecular complexity index is 1060. The second-order valence-corrected chi connectivity index (χ2v) is 7.31. The highest BCUT2D eigenvalue weighted by molar-refractivity contribution is 7.97. The van der Waals surface area contributed by atoms with Gasteiger partial charge in [0.2, 0.25) is 0 Å². The number of carbonyl (C=O) groups is 1. The molecule has 162 valence electrons. The van der Waals surface area contributed by atoms with E-state index < -0.39 is 23.8 Å². The fourth-order valence-corrected chi connectivity index (χ4v) is 3.72. The molecule has 1 atom stereocenters. The normalized spacial score (nSPS) is 12.3. The van der Waals surface area contributed by atoms with Crippen molar-refractivity contribution in [1.29, 1.82) is 0 Å². The summed E-state index contributed by atoms with van der Waals surface area (Å²) in [6.07, 6.45) is -1.23. The number of hydrogen-bond acceptors (Lipinski definition) is 6. The molecule has 0 saturated heterocycles. The monoisotopic (exact) mass is 448 g/mol. The number of nitrogens with zero attached hydrogens (tertiary/aromatic N) is 1. The smallest absolute Gasteiger partial charge is 0.416 e. The number of pyridine rings is 1. The van der Waals surface area contributed by atoms with Crippen LogP contribution in [0.4, 0.5) is 13.2 Å². The standard InChI is InChI=1S/C22H19F3N2O3S/c1-29-19-13-26-10-9-18(19)14-5-3-6-15(11-14)20(21(28)30-2)27-31-17-8-4-7-16(12-17)22(23,24)25/h3-13,20,27H,1-2H3. The van der Waals surface area contributed by atoms with Crippen molar-refractivity contribution >= 4 is 17.9 Å². The van der Waals surface area contributed by atoms with Crippen LogP contribution in [-0.2, 0) is 15.7 Å². The van der Waals surface area contributed by atoms with Crippen molar-refractivity contribution in [2.24, 2.45) is 0 Å². The lowest BCUT2D eigenvalue weighted by atomic mass is 10.00. The molecule has 0 saturated carbocycles. The number of carbonyl (C=O) groups excluding carboxylic acids is 1. The Morgan fingerprint density at radius 3 is 2.58 bits per heavy atom. The number of ether oxygens (including phenoxy) is 2. The molecular formula is C22H19F3N2O3S. The van der Waals surface area contributed by atoms with Crippen molar-refractivity contribution in [3.8, 4) is 16.9 Å². The Morgan fingerprint density at radius 2 is 1.87 bits per heavy atom. The average molecular weight is 448 g/mol. The van der Waals surface area contributed by atoms with E-state index in [0.717, 1.165) is 35.2 Å². The van der Waals surface area contributed by atoms with Crippen LogP contribution in [0.2, 0.25) is 0 Å². The zero-order valence-electron chi connectivity index (χ0n) is 16.6. The van der Waals surface area contributed by atoms with Crippen molar-refractivity contribution in [1.82, 2.24) is 9.71 Å². The lowest BCUT2D eigenvalue weighted by Gasteiger charge is -2.18. The average Bonchev–Trinajstić information content (AvgIpc) is 2.78. The predicted molar refractivity (Wildman–Crippen MR) is 111 cm³/mol. The Morgan fingerprint density at radius 1 is 1.10 bits per heavy atom. The molecule has 1 unspecified atom stereocenters. The number of aromatic nitrogens is 1. The molecule has 0 bridgehead atoms. The van der Waals surface area contributed by atoms with Gasteiger partial charge in [-0.1, -0.05) is 24.3 Å². The number of nitrogens with one attached hydrogen (secondary N) is 1. The van der Waals surface area contributed by atoms with E-state index in [1.807, 2.05) is 6.07 Å². The highest BCUT2D eigenvalue weighted by Crippen LogP contribution is 2.33. The molecule has 5 nitrogen and oxygen atoms in total. The van der Waals surface area contributed by atoms with E-state index in [4.69, 9.17) is 9.47 Å². The number of rotatable bonds is 7. The number of hydrogen-bond donors (Lipinski definition) is 1. The van der Waals surface area contributed by atoms with Crippen LogP contribution < -0.4 is 9.46 Å². The summed E-state index contributed by atoms with van der Waals surface area (Å²) in [5.74, 6) is -0.00103. The van der Waals surface area contributed by atoms with Crippen molar-refractivity contribution in [3.63, 3.8) is 0 Å². The van der Waals surface area contributed by atoms with Crippen LogP contribution in [0.25, 0.3) is 11.1 Å². The van der Waals surface area contributed by atoms with Crippen LogP contribution in [0.5, 0.6) is 5.75 Å². The zero-order valence-corrected chi connectivity index (χ0v) is 17.5.